The summed E-state index contributed by atoms with van der Waals surface area (Å²) in [6, 6.07) is 17.3. The number of nitrogens with zero attached hydrogens (tertiary/aromatic N) is 5. The quantitative estimate of drug-likeness (QED) is 0.437. The van der Waals surface area contributed by atoms with Gasteiger partial charge in [0.15, 0.2) is 11.0 Å². The number of rotatable bonds is 7. The van der Waals surface area contributed by atoms with Gasteiger partial charge in [0, 0.05) is 30.7 Å². The van der Waals surface area contributed by atoms with Crippen molar-refractivity contribution < 1.29 is 9.21 Å². The largest absolute Gasteiger partial charge is 0.467 e. The molecule has 0 aliphatic rings. The molecule has 0 atom stereocenters. The van der Waals surface area contributed by atoms with E-state index in [2.05, 4.69) is 15.2 Å². The molecule has 4 aromatic rings. The molecular weight excluding hydrogens is 386 g/mol. The van der Waals surface area contributed by atoms with E-state index in [-0.39, 0.29) is 11.7 Å². The molecule has 0 N–H and O–H groups in total. The molecule has 0 saturated heterocycles. The van der Waals surface area contributed by atoms with E-state index in [1.807, 2.05) is 59.2 Å². The summed E-state index contributed by atoms with van der Waals surface area (Å²) in [5, 5.41) is 9.34. The zero-order valence-electron chi connectivity index (χ0n) is 15.8. The molecule has 0 saturated carbocycles. The third-order valence-electron chi connectivity index (χ3n) is 4.29. The van der Waals surface area contributed by atoms with Gasteiger partial charge in [-0.25, -0.2) is 0 Å². The Labute approximate surface area is 172 Å². The lowest BCUT2D eigenvalue weighted by Gasteiger charge is -2.15. The number of carbonyl (C=O) groups is 1. The van der Waals surface area contributed by atoms with E-state index in [9.17, 15) is 4.79 Å². The van der Waals surface area contributed by atoms with E-state index < -0.39 is 0 Å². The summed E-state index contributed by atoms with van der Waals surface area (Å²) in [7, 11) is 1.76. The molecule has 1 amide bonds. The van der Waals surface area contributed by atoms with Crippen molar-refractivity contribution in [3.63, 3.8) is 0 Å². The summed E-state index contributed by atoms with van der Waals surface area (Å²) in [4.78, 5) is 18.4. The lowest BCUT2D eigenvalue weighted by Crippen LogP contribution is -2.27. The highest BCUT2D eigenvalue weighted by Gasteiger charge is 2.18. The molecule has 0 fully saturated rings. The van der Waals surface area contributed by atoms with E-state index in [0.29, 0.717) is 17.5 Å². The van der Waals surface area contributed by atoms with Gasteiger partial charge in [-0.3, -0.25) is 14.3 Å². The summed E-state index contributed by atoms with van der Waals surface area (Å²) < 4.78 is 7.26. The first-order valence-electron chi connectivity index (χ1n) is 9.03. The molecular formula is C21H19N5O2S. The summed E-state index contributed by atoms with van der Waals surface area (Å²) in [6.45, 7) is 0.429. The molecule has 0 bridgehead atoms. The zero-order valence-corrected chi connectivity index (χ0v) is 16.6. The van der Waals surface area contributed by atoms with Crippen LogP contribution in [-0.4, -0.2) is 43.4 Å². The Morgan fingerprint density at radius 1 is 1.10 bits per heavy atom. The van der Waals surface area contributed by atoms with Gasteiger partial charge in [0.1, 0.15) is 5.76 Å². The molecule has 7 nitrogen and oxygen atoms in total. The molecule has 3 aromatic heterocycles. The van der Waals surface area contributed by atoms with Gasteiger partial charge in [-0.2, -0.15) is 0 Å². The highest BCUT2D eigenvalue weighted by atomic mass is 32.2. The molecule has 0 unspecified atom stereocenters. The first-order chi connectivity index (χ1) is 14.2. The van der Waals surface area contributed by atoms with Crippen molar-refractivity contribution in [1.29, 1.82) is 0 Å². The lowest BCUT2D eigenvalue weighted by atomic mass is 10.2. The average Bonchev–Trinajstić information content (AvgIpc) is 3.43. The monoisotopic (exact) mass is 405 g/mol. The van der Waals surface area contributed by atoms with Crippen LogP contribution >= 0.6 is 11.8 Å². The van der Waals surface area contributed by atoms with Crippen molar-refractivity contribution in [3.8, 4) is 17.1 Å². The van der Waals surface area contributed by atoms with Crippen LogP contribution in [0.15, 0.2) is 82.8 Å². The van der Waals surface area contributed by atoms with Crippen LogP contribution in [0.1, 0.15) is 5.76 Å². The second-order valence-electron chi connectivity index (χ2n) is 6.34. The molecule has 146 valence electrons. The number of carbonyl (C=O) groups excluding carboxylic acids is 1. The van der Waals surface area contributed by atoms with Crippen LogP contribution < -0.4 is 0 Å². The van der Waals surface area contributed by atoms with Crippen LogP contribution in [0.5, 0.6) is 0 Å². The number of aromatic nitrogens is 4. The number of amides is 1. The minimum atomic E-state index is -0.0167. The number of pyridine rings is 1. The van der Waals surface area contributed by atoms with Crippen LogP contribution in [0.4, 0.5) is 0 Å². The van der Waals surface area contributed by atoms with Crippen molar-refractivity contribution >= 4 is 17.7 Å². The van der Waals surface area contributed by atoms with E-state index in [0.717, 1.165) is 17.0 Å². The van der Waals surface area contributed by atoms with Crippen molar-refractivity contribution in [3.05, 3.63) is 79.0 Å². The molecule has 3 heterocycles. The Hall–Kier alpha value is -3.39. The Balaban J connectivity index is 1.56. The second-order valence-corrected chi connectivity index (χ2v) is 7.28. The maximum absolute atomic E-state index is 12.6. The zero-order chi connectivity index (χ0) is 20.1. The van der Waals surface area contributed by atoms with Crippen LogP contribution in [-0.2, 0) is 11.3 Å². The van der Waals surface area contributed by atoms with Gasteiger partial charge >= 0.3 is 0 Å². The third-order valence-corrected chi connectivity index (χ3v) is 5.20. The van der Waals surface area contributed by atoms with E-state index in [1.54, 1.807) is 30.6 Å². The first kappa shape index (κ1) is 18.9. The van der Waals surface area contributed by atoms with Gasteiger partial charge in [-0.15, -0.1) is 10.2 Å². The Bertz CT molecular complexity index is 1070. The average molecular weight is 405 g/mol. The SMILES string of the molecule is CN(Cc1ccco1)C(=O)CSc1nnc(-c2cccnc2)n1-c1ccccc1. The number of para-hydroxylation sites is 1. The number of furan rings is 1. The van der Waals surface area contributed by atoms with E-state index in [1.165, 1.54) is 11.8 Å². The van der Waals surface area contributed by atoms with Gasteiger partial charge in [-0.05, 0) is 36.4 Å². The minimum absolute atomic E-state index is 0.0167. The van der Waals surface area contributed by atoms with E-state index in [4.69, 9.17) is 4.42 Å². The van der Waals surface area contributed by atoms with Gasteiger partial charge in [0.25, 0.3) is 0 Å². The lowest BCUT2D eigenvalue weighted by molar-refractivity contribution is -0.127. The van der Waals surface area contributed by atoms with Crippen molar-refractivity contribution in [2.45, 2.75) is 11.7 Å². The number of hydrogen-bond acceptors (Lipinski definition) is 6. The standard InChI is InChI=1S/C21H19N5O2S/c1-25(14-18-10-6-12-28-18)19(27)15-29-21-24-23-20(16-7-5-11-22-13-16)26(21)17-8-3-2-4-9-17/h2-13H,14-15H2,1H3. The van der Waals surface area contributed by atoms with Gasteiger partial charge < -0.3 is 9.32 Å². The molecule has 0 aliphatic carbocycles. The molecule has 29 heavy (non-hydrogen) atoms. The Morgan fingerprint density at radius 2 is 1.97 bits per heavy atom. The third kappa shape index (κ3) is 4.38. The fraction of sp³-hybridized carbons (Fsp3) is 0.143. The predicted molar refractivity (Wildman–Crippen MR) is 110 cm³/mol. The smallest absolute Gasteiger partial charge is 0.233 e. The fourth-order valence-electron chi connectivity index (χ4n) is 2.82. The van der Waals surface area contributed by atoms with Crippen molar-refractivity contribution in [2.75, 3.05) is 12.8 Å². The van der Waals surface area contributed by atoms with Crippen LogP contribution in [0.25, 0.3) is 17.1 Å². The van der Waals surface area contributed by atoms with Crippen LogP contribution in [0, 0.1) is 0 Å². The first-order valence-corrected chi connectivity index (χ1v) is 10.0. The highest BCUT2D eigenvalue weighted by molar-refractivity contribution is 7.99. The predicted octanol–water partition coefficient (Wildman–Crippen LogP) is 3.67. The van der Waals surface area contributed by atoms with E-state index >= 15 is 0 Å². The van der Waals surface area contributed by atoms with Crippen molar-refractivity contribution in [2.24, 2.45) is 0 Å². The Kier molecular flexibility index (Phi) is 5.71. The molecule has 0 spiro atoms. The molecule has 4 rings (SSSR count). The van der Waals surface area contributed by atoms with Crippen molar-refractivity contribution in [1.82, 2.24) is 24.6 Å². The van der Waals surface area contributed by atoms with Crippen LogP contribution in [0.3, 0.4) is 0 Å². The maximum atomic E-state index is 12.6. The van der Waals surface area contributed by atoms with Crippen LogP contribution in [0.2, 0.25) is 0 Å². The summed E-state index contributed by atoms with van der Waals surface area (Å²) in [5.74, 6) is 1.66. The fourth-order valence-corrected chi connectivity index (χ4v) is 3.71. The van der Waals surface area contributed by atoms with Gasteiger partial charge in [-0.1, -0.05) is 30.0 Å². The van der Waals surface area contributed by atoms with Gasteiger partial charge in [0.05, 0.1) is 18.6 Å². The summed E-state index contributed by atoms with van der Waals surface area (Å²) >= 11 is 1.35. The Morgan fingerprint density at radius 3 is 2.69 bits per heavy atom. The summed E-state index contributed by atoms with van der Waals surface area (Å²) in [5.41, 5.74) is 1.78. The maximum Gasteiger partial charge on any atom is 0.233 e. The number of hydrogen-bond donors (Lipinski definition) is 0. The molecule has 1 aromatic carbocycles. The molecule has 8 heteroatoms. The second kappa shape index (κ2) is 8.74. The topological polar surface area (TPSA) is 77.1 Å². The molecule has 0 radical (unpaired) electrons. The summed E-state index contributed by atoms with van der Waals surface area (Å²) in [6.07, 6.45) is 5.07. The molecule has 0 aliphatic heterocycles. The highest BCUT2D eigenvalue weighted by Crippen LogP contribution is 2.27. The number of thioether (sulfide) groups is 1. The number of benzene rings is 1. The normalized spacial score (nSPS) is 10.8. The van der Waals surface area contributed by atoms with Gasteiger partial charge in [0.2, 0.25) is 5.91 Å². The minimum Gasteiger partial charge on any atom is -0.467 e.